The van der Waals surface area contributed by atoms with E-state index in [-0.39, 0.29) is 4.90 Å². The van der Waals surface area contributed by atoms with Gasteiger partial charge >= 0.3 is 0 Å². The molecular weight excluding hydrogens is 327 g/mol. The first-order valence-electron chi connectivity index (χ1n) is 8.08. The second-order valence-corrected chi connectivity index (χ2v) is 7.88. The molecule has 3 rings (SSSR count). The highest BCUT2D eigenvalue weighted by Gasteiger charge is 2.28. The van der Waals surface area contributed by atoms with E-state index in [1.165, 1.54) is 28.1 Å². The third-order valence-corrected chi connectivity index (χ3v) is 6.22. The van der Waals surface area contributed by atoms with Crippen LogP contribution in [-0.4, -0.2) is 50.3 Å². The minimum Gasteiger partial charge on any atom is -0.300 e. The van der Waals surface area contributed by atoms with E-state index in [0.717, 1.165) is 19.0 Å². The molecule has 1 fully saturated rings. The summed E-state index contributed by atoms with van der Waals surface area (Å²) >= 11 is 0. The Morgan fingerprint density at radius 2 is 1.62 bits per heavy atom. The molecule has 1 heterocycles. The minimum atomic E-state index is -3.61. The van der Waals surface area contributed by atoms with Gasteiger partial charge in [-0.05, 0) is 30.2 Å². The Kier molecular flexibility index (Phi) is 5.28. The number of piperazine rings is 1. The Morgan fingerprint density at radius 1 is 0.917 bits per heavy atom. The summed E-state index contributed by atoms with van der Waals surface area (Å²) in [6.07, 6.45) is 0.956. The van der Waals surface area contributed by atoms with Crippen molar-refractivity contribution >= 4 is 10.0 Å². The van der Waals surface area contributed by atoms with E-state index >= 15 is 0 Å². The van der Waals surface area contributed by atoms with Crippen LogP contribution in [0.1, 0.15) is 5.56 Å². The Bertz CT molecular complexity index is 773. The number of hydrogen-bond acceptors (Lipinski definition) is 3. The Labute approximate surface area is 142 Å². The van der Waals surface area contributed by atoms with Crippen LogP contribution in [0.15, 0.2) is 59.5 Å². The van der Waals surface area contributed by atoms with Gasteiger partial charge in [0, 0.05) is 32.7 Å². The molecule has 0 atom stereocenters. The van der Waals surface area contributed by atoms with Gasteiger partial charge in [0.1, 0.15) is 5.82 Å². The topological polar surface area (TPSA) is 40.6 Å². The molecule has 0 amide bonds. The van der Waals surface area contributed by atoms with E-state index in [1.807, 2.05) is 18.2 Å². The monoisotopic (exact) mass is 348 g/mol. The SMILES string of the molecule is O=S(=O)(c1cccc(F)c1)N1CCN(CCc2ccccc2)CC1. The lowest BCUT2D eigenvalue weighted by Gasteiger charge is -2.34. The summed E-state index contributed by atoms with van der Waals surface area (Å²) in [5, 5.41) is 0. The fourth-order valence-corrected chi connectivity index (χ4v) is 4.36. The fourth-order valence-electron chi connectivity index (χ4n) is 2.90. The first-order chi connectivity index (χ1) is 11.6. The van der Waals surface area contributed by atoms with Crippen molar-refractivity contribution in [1.29, 1.82) is 0 Å². The number of sulfonamides is 1. The van der Waals surface area contributed by atoms with Crippen molar-refractivity contribution in [2.45, 2.75) is 11.3 Å². The van der Waals surface area contributed by atoms with E-state index < -0.39 is 15.8 Å². The van der Waals surface area contributed by atoms with Gasteiger partial charge in [-0.15, -0.1) is 0 Å². The van der Waals surface area contributed by atoms with E-state index in [1.54, 1.807) is 0 Å². The van der Waals surface area contributed by atoms with Gasteiger partial charge in [-0.2, -0.15) is 4.31 Å². The molecule has 0 N–H and O–H groups in total. The molecule has 24 heavy (non-hydrogen) atoms. The summed E-state index contributed by atoms with van der Waals surface area (Å²) in [7, 11) is -3.61. The smallest absolute Gasteiger partial charge is 0.243 e. The third-order valence-electron chi connectivity index (χ3n) is 4.32. The molecule has 0 aliphatic carbocycles. The molecule has 0 unspecified atom stereocenters. The van der Waals surface area contributed by atoms with E-state index in [0.29, 0.717) is 26.2 Å². The van der Waals surface area contributed by atoms with Crippen LogP contribution in [0.4, 0.5) is 4.39 Å². The highest BCUT2D eigenvalue weighted by Crippen LogP contribution is 2.18. The van der Waals surface area contributed by atoms with Crippen molar-refractivity contribution in [2.75, 3.05) is 32.7 Å². The molecule has 1 saturated heterocycles. The van der Waals surface area contributed by atoms with Crippen LogP contribution in [0.3, 0.4) is 0 Å². The molecule has 0 saturated carbocycles. The Hall–Kier alpha value is -1.76. The zero-order valence-electron chi connectivity index (χ0n) is 13.4. The van der Waals surface area contributed by atoms with Gasteiger partial charge in [-0.3, -0.25) is 0 Å². The van der Waals surface area contributed by atoms with Gasteiger partial charge < -0.3 is 4.90 Å². The Morgan fingerprint density at radius 3 is 2.29 bits per heavy atom. The first-order valence-corrected chi connectivity index (χ1v) is 9.52. The maximum atomic E-state index is 13.3. The zero-order chi connectivity index (χ0) is 17.0. The molecule has 1 aliphatic rings. The third kappa shape index (κ3) is 4.01. The van der Waals surface area contributed by atoms with Gasteiger partial charge in [0.2, 0.25) is 10.0 Å². The maximum absolute atomic E-state index is 13.3. The average Bonchev–Trinajstić information content (AvgIpc) is 2.61. The Balaban J connectivity index is 1.56. The summed E-state index contributed by atoms with van der Waals surface area (Å²) in [4.78, 5) is 2.30. The van der Waals surface area contributed by atoms with Crippen LogP contribution in [0.5, 0.6) is 0 Å². The molecular formula is C18H21FN2O2S. The van der Waals surface area contributed by atoms with Crippen molar-refractivity contribution in [2.24, 2.45) is 0 Å². The van der Waals surface area contributed by atoms with Crippen LogP contribution in [0.2, 0.25) is 0 Å². The second-order valence-electron chi connectivity index (χ2n) is 5.94. The molecule has 4 nitrogen and oxygen atoms in total. The lowest BCUT2D eigenvalue weighted by Crippen LogP contribution is -2.49. The van der Waals surface area contributed by atoms with E-state index in [4.69, 9.17) is 0 Å². The molecule has 2 aromatic carbocycles. The predicted molar refractivity (Wildman–Crippen MR) is 91.7 cm³/mol. The summed E-state index contributed by atoms with van der Waals surface area (Å²) in [5.74, 6) is -0.530. The van der Waals surface area contributed by atoms with Gasteiger partial charge in [-0.1, -0.05) is 36.4 Å². The van der Waals surface area contributed by atoms with Gasteiger partial charge in [0.25, 0.3) is 0 Å². The summed E-state index contributed by atoms with van der Waals surface area (Å²) in [6, 6.07) is 15.5. The molecule has 0 radical (unpaired) electrons. The molecule has 0 spiro atoms. The van der Waals surface area contributed by atoms with E-state index in [2.05, 4.69) is 17.0 Å². The normalized spacial score (nSPS) is 17.0. The second kappa shape index (κ2) is 7.42. The van der Waals surface area contributed by atoms with Crippen molar-refractivity contribution in [1.82, 2.24) is 9.21 Å². The predicted octanol–water partition coefficient (Wildman–Crippen LogP) is 2.37. The number of halogens is 1. The highest BCUT2D eigenvalue weighted by molar-refractivity contribution is 7.89. The zero-order valence-corrected chi connectivity index (χ0v) is 14.3. The van der Waals surface area contributed by atoms with Crippen LogP contribution in [0, 0.1) is 5.82 Å². The molecule has 0 aromatic heterocycles. The number of nitrogens with zero attached hydrogens (tertiary/aromatic N) is 2. The number of benzene rings is 2. The molecule has 6 heteroatoms. The van der Waals surface area contributed by atoms with Crippen molar-refractivity contribution in [3.05, 3.63) is 66.0 Å². The molecule has 128 valence electrons. The lowest BCUT2D eigenvalue weighted by atomic mass is 10.1. The first kappa shape index (κ1) is 17.1. The molecule has 0 bridgehead atoms. The van der Waals surface area contributed by atoms with Gasteiger partial charge in [0.15, 0.2) is 0 Å². The van der Waals surface area contributed by atoms with Gasteiger partial charge in [0.05, 0.1) is 4.90 Å². The quantitative estimate of drug-likeness (QED) is 0.833. The molecule has 1 aliphatic heterocycles. The summed E-state index contributed by atoms with van der Waals surface area (Å²) < 4.78 is 39.9. The lowest BCUT2D eigenvalue weighted by molar-refractivity contribution is 0.190. The number of hydrogen-bond donors (Lipinski definition) is 0. The van der Waals surface area contributed by atoms with Crippen LogP contribution >= 0.6 is 0 Å². The molecule has 2 aromatic rings. The minimum absolute atomic E-state index is 0.0280. The summed E-state index contributed by atoms with van der Waals surface area (Å²) in [5.41, 5.74) is 1.28. The highest BCUT2D eigenvalue weighted by atomic mass is 32.2. The van der Waals surface area contributed by atoms with Crippen molar-refractivity contribution in [3.63, 3.8) is 0 Å². The standard InChI is InChI=1S/C18H21FN2O2S/c19-17-7-4-8-18(15-17)24(22,23)21-13-11-20(12-14-21)10-9-16-5-2-1-3-6-16/h1-8,15H,9-14H2. The van der Waals surface area contributed by atoms with Crippen LogP contribution < -0.4 is 0 Å². The van der Waals surface area contributed by atoms with Crippen molar-refractivity contribution in [3.8, 4) is 0 Å². The van der Waals surface area contributed by atoms with Gasteiger partial charge in [-0.25, -0.2) is 12.8 Å². The van der Waals surface area contributed by atoms with Crippen LogP contribution in [-0.2, 0) is 16.4 Å². The van der Waals surface area contributed by atoms with Crippen LogP contribution in [0.25, 0.3) is 0 Å². The maximum Gasteiger partial charge on any atom is 0.243 e. The number of rotatable bonds is 5. The summed E-state index contributed by atoms with van der Waals surface area (Å²) in [6.45, 7) is 3.18. The van der Waals surface area contributed by atoms with Crippen molar-refractivity contribution < 1.29 is 12.8 Å². The fraction of sp³-hybridized carbons (Fsp3) is 0.333. The van der Waals surface area contributed by atoms with E-state index in [9.17, 15) is 12.8 Å². The largest absolute Gasteiger partial charge is 0.300 e. The average molecular weight is 348 g/mol.